The van der Waals surface area contributed by atoms with Crippen LogP contribution in [0.3, 0.4) is 0 Å². The summed E-state index contributed by atoms with van der Waals surface area (Å²) in [5, 5.41) is 3.34. The molecule has 0 radical (unpaired) electrons. The van der Waals surface area contributed by atoms with Crippen molar-refractivity contribution in [1.82, 2.24) is 19.8 Å². The zero-order valence-corrected chi connectivity index (χ0v) is 16.6. The van der Waals surface area contributed by atoms with Crippen LogP contribution in [-0.2, 0) is 20.9 Å². The number of cyclic esters (lactones) is 1. The Bertz CT molecular complexity index is 1180. The number of hydrogen-bond donors (Lipinski definition) is 1. The van der Waals surface area contributed by atoms with Crippen LogP contribution in [0.5, 0.6) is 0 Å². The van der Waals surface area contributed by atoms with Gasteiger partial charge >= 0.3 is 6.09 Å². The molecule has 0 saturated carbocycles. The summed E-state index contributed by atoms with van der Waals surface area (Å²) in [5.74, 6) is -0.775. The maximum absolute atomic E-state index is 12.6. The Balaban J connectivity index is 1.46. The molecule has 1 fully saturated rings. The van der Waals surface area contributed by atoms with Gasteiger partial charge in [0.15, 0.2) is 6.61 Å². The molecule has 31 heavy (non-hydrogen) atoms. The van der Waals surface area contributed by atoms with Gasteiger partial charge in [0.05, 0.1) is 29.8 Å². The number of aromatic nitrogens is 2. The Morgan fingerprint density at radius 2 is 1.81 bits per heavy atom. The van der Waals surface area contributed by atoms with Gasteiger partial charge in [-0.15, -0.1) is 0 Å². The van der Waals surface area contributed by atoms with E-state index in [1.54, 1.807) is 48.5 Å². The predicted molar refractivity (Wildman–Crippen MR) is 111 cm³/mol. The van der Waals surface area contributed by atoms with Crippen LogP contribution in [-0.4, -0.2) is 45.5 Å². The monoisotopic (exact) mass is 420 g/mol. The van der Waals surface area contributed by atoms with Crippen LogP contribution < -0.4 is 10.9 Å². The first-order chi connectivity index (χ1) is 15.0. The Morgan fingerprint density at radius 1 is 1.06 bits per heavy atom. The van der Waals surface area contributed by atoms with Gasteiger partial charge in [0, 0.05) is 13.0 Å². The van der Waals surface area contributed by atoms with Crippen molar-refractivity contribution in [2.24, 2.45) is 0 Å². The van der Waals surface area contributed by atoms with Crippen molar-refractivity contribution in [1.29, 1.82) is 0 Å². The molecule has 3 amide bonds. The molecule has 1 aromatic heterocycles. The summed E-state index contributed by atoms with van der Waals surface area (Å²) in [7, 11) is 0. The molecular formula is C22H20N4O5. The lowest BCUT2D eigenvalue weighted by Gasteiger charge is -2.23. The van der Waals surface area contributed by atoms with Gasteiger partial charge in [-0.25, -0.2) is 14.7 Å². The highest BCUT2D eigenvalue weighted by Gasteiger charge is 2.33. The van der Waals surface area contributed by atoms with Crippen LogP contribution in [0.15, 0.2) is 65.7 Å². The molecule has 2 heterocycles. The van der Waals surface area contributed by atoms with E-state index in [1.165, 1.54) is 10.9 Å². The molecule has 0 unspecified atom stereocenters. The van der Waals surface area contributed by atoms with E-state index in [-0.39, 0.29) is 37.6 Å². The van der Waals surface area contributed by atoms with Crippen molar-refractivity contribution in [3.63, 3.8) is 0 Å². The van der Waals surface area contributed by atoms with E-state index < -0.39 is 18.0 Å². The van der Waals surface area contributed by atoms with Crippen LogP contribution in [0.25, 0.3) is 10.9 Å². The Labute approximate surface area is 177 Å². The fourth-order valence-corrected chi connectivity index (χ4v) is 3.41. The quantitative estimate of drug-likeness (QED) is 0.622. The number of hydrogen-bond acceptors (Lipinski definition) is 6. The highest BCUT2D eigenvalue weighted by atomic mass is 16.6. The van der Waals surface area contributed by atoms with Crippen molar-refractivity contribution >= 4 is 28.8 Å². The van der Waals surface area contributed by atoms with Crippen molar-refractivity contribution in [3.05, 3.63) is 76.8 Å². The fraction of sp³-hybridized carbons (Fsp3) is 0.227. The lowest BCUT2D eigenvalue weighted by Crippen LogP contribution is -2.40. The standard InChI is InChI=1S/C22H20N4O5/c27-19(10-11-25-14-23-17-9-5-4-8-16(17)21(25)29)24-18(15-6-2-1-3-7-15)12-26-20(28)13-31-22(26)30/h1-9,14,18H,10-13H2,(H,24,27)/t18-/m1/s1. The van der Waals surface area contributed by atoms with Crippen molar-refractivity contribution < 1.29 is 19.1 Å². The number of benzene rings is 2. The van der Waals surface area contributed by atoms with Gasteiger partial charge < -0.3 is 10.1 Å². The Morgan fingerprint density at radius 3 is 2.55 bits per heavy atom. The number of nitrogens with zero attached hydrogens (tertiary/aromatic N) is 3. The summed E-state index contributed by atoms with van der Waals surface area (Å²) in [6.45, 7) is -0.189. The highest BCUT2D eigenvalue weighted by Crippen LogP contribution is 2.17. The molecule has 1 aliphatic heterocycles. The summed E-state index contributed by atoms with van der Waals surface area (Å²) in [6.07, 6.45) is 0.724. The Kier molecular flexibility index (Phi) is 5.74. The van der Waals surface area contributed by atoms with E-state index >= 15 is 0 Å². The number of amides is 3. The maximum Gasteiger partial charge on any atom is 0.417 e. The maximum atomic E-state index is 12.6. The number of aryl methyl sites for hydroxylation is 1. The molecular weight excluding hydrogens is 400 g/mol. The Hall–Kier alpha value is -4.01. The minimum Gasteiger partial charge on any atom is -0.439 e. The summed E-state index contributed by atoms with van der Waals surface area (Å²) in [4.78, 5) is 54.2. The number of ether oxygens (including phenoxy) is 1. The van der Waals surface area contributed by atoms with E-state index in [1.807, 2.05) is 6.07 Å². The molecule has 1 atom stereocenters. The third kappa shape index (κ3) is 4.45. The summed E-state index contributed by atoms with van der Waals surface area (Å²) in [6, 6.07) is 15.4. The molecule has 1 saturated heterocycles. The van der Waals surface area contributed by atoms with Crippen molar-refractivity contribution in [3.8, 4) is 0 Å². The first-order valence-corrected chi connectivity index (χ1v) is 9.78. The summed E-state index contributed by atoms with van der Waals surface area (Å²) < 4.78 is 6.14. The smallest absolute Gasteiger partial charge is 0.417 e. The van der Waals surface area contributed by atoms with Crippen LogP contribution >= 0.6 is 0 Å². The second kappa shape index (κ2) is 8.78. The minimum absolute atomic E-state index is 0.0294. The average Bonchev–Trinajstić information content (AvgIpc) is 3.11. The SMILES string of the molecule is O=C(CCn1cnc2ccccc2c1=O)N[C@H](CN1C(=O)COC1=O)c1ccccc1. The minimum atomic E-state index is -0.728. The molecule has 158 valence electrons. The van der Waals surface area contributed by atoms with Crippen molar-refractivity contribution in [2.75, 3.05) is 13.2 Å². The molecule has 0 bridgehead atoms. The number of rotatable bonds is 7. The number of carbonyl (C=O) groups excluding carboxylic acids is 3. The normalized spacial score (nSPS) is 14.5. The molecule has 0 aliphatic carbocycles. The zero-order valence-electron chi connectivity index (χ0n) is 16.6. The van der Waals surface area contributed by atoms with Gasteiger partial charge in [0.2, 0.25) is 5.91 Å². The molecule has 4 rings (SSSR count). The average molecular weight is 420 g/mol. The molecule has 1 N–H and O–H groups in total. The van der Waals surface area contributed by atoms with Gasteiger partial charge in [-0.2, -0.15) is 0 Å². The van der Waals surface area contributed by atoms with Crippen LogP contribution in [0.1, 0.15) is 18.0 Å². The number of carbonyl (C=O) groups is 3. The van der Waals surface area contributed by atoms with Gasteiger partial charge in [-0.3, -0.25) is 19.0 Å². The van der Waals surface area contributed by atoms with Gasteiger partial charge in [0.1, 0.15) is 0 Å². The van der Waals surface area contributed by atoms with Crippen molar-refractivity contribution in [2.45, 2.75) is 19.0 Å². The molecule has 1 aliphatic rings. The first kappa shape index (κ1) is 20.3. The summed E-state index contributed by atoms with van der Waals surface area (Å²) >= 11 is 0. The van der Waals surface area contributed by atoms with Crippen LogP contribution in [0, 0.1) is 0 Å². The van der Waals surface area contributed by atoms with E-state index in [0.29, 0.717) is 10.9 Å². The lowest BCUT2D eigenvalue weighted by molar-refractivity contribution is -0.127. The predicted octanol–water partition coefficient (Wildman–Crippen LogP) is 1.62. The second-order valence-corrected chi connectivity index (χ2v) is 7.10. The second-order valence-electron chi connectivity index (χ2n) is 7.10. The number of imide groups is 1. The lowest BCUT2D eigenvalue weighted by atomic mass is 10.1. The molecule has 0 spiro atoms. The number of nitrogens with one attached hydrogen (secondary N) is 1. The van der Waals surface area contributed by atoms with Crippen LogP contribution in [0.2, 0.25) is 0 Å². The van der Waals surface area contributed by atoms with Gasteiger partial charge in [-0.05, 0) is 17.7 Å². The first-order valence-electron chi connectivity index (χ1n) is 9.78. The van der Waals surface area contributed by atoms with E-state index in [0.717, 1.165) is 10.5 Å². The third-order valence-electron chi connectivity index (χ3n) is 5.05. The van der Waals surface area contributed by atoms with Gasteiger partial charge in [-0.1, -0.05) is 42.5 Å². The summed E-state index contributed by atoms with van der Waals surface area (Å²) in [5.41, 5.74) is 1.12. The number of para-hydroxylation sites is 1. The third-order valence-corrected chi connectivity index (χ3v) is 5.05. The van der Waals surface area contributed by atoms with Gasteiger partial charge in [0.25, 0.3) is 11.5 Å². The van der Waals surface area contributed by atoms with Crippen LogP contribution in [0.4, 0.5) is 4.79 Å². The molecule has 9 nitrogen and oxygen atoms in total. The topological polar surface area (TPSA) is 111 Å². The van der Waals surface area contributed by atoms with E-state index in [9.17, 15) is 19.2 Å². The fourth-order valence-electron chi connectivity index (χ4n) is 3.41. The highest BCUT2D eigenvalue weighted by molar-refractivity contribution is 5.97. The van der Waals surface area contributed by atoms with E-state index in [4.69, 9.17) is 4.74 Å². The largest absolute Gasteiger partial charge is 0.439 e. The zero-order chi connectivity index (χ0) is 21.8. The molecule has 3 aromatic rings. The molecule has 2 aromatic carbocycles. The number of fused-ring (bicyclic) bond motifs is 1. The molecule has 9 heteroatoms. The van der Waals surface area contributed by atoms with E-state index in [2.05, 4.69) is 10.3 Å².